The van der Waals surface area contributed by atoms with E-state index in [9.17, 15) is 0 Å². The molecule has 1 aromatic rings. The minimum Gasteiger partial charge on any atom is -0.313 e. The lowest BCUT2D eigenvalue weighted by Gasteiger charge is -2.10. The SMILES string of the molecule is CN[C@H](C)c1c(C)nn(C)c1C. The lowest BCUT2D eigenvalue weighted by atomic mass is 10.1. The van der Waals surface area contributed by atoms with Crippen molar-refractivity contribution in [1.82, 2.24) is 15.1 Å². The molecule has 0 aliphatic heterocycles. The molecule has 0 aliphatic carbocycles. The maximum atomic E-state index is 4.36. The third kappa shape index (κ3) is 1.37. The number of hydrogen-bond acceptors (Lipinski definition) is 2. The minimum atomic E-state index is 0.388. The highest BCUT2D eigenvalue weighted by atomic mass is 15.3. The van der Waals surface area contributed by atoms with Gasteiger partial charge in [0.2, 0.25) is 0 Å². The molecule has 3 heteroatoms. The first-order chi connectivity index (χ1) is 5.57. The molecule has 0 spiro atoms. The van der Waals surface area contributed by atoms with Gasteiger partial charge < -0.3 is 5.32 Å². The van der Waals surface area contributed by atoms with E-state index in [1.807, 2.05) is 18.8 Å². The Morgan fingerprint density at radius 1 is 1.42 bits per heavy atom. The summed E-state index contributed by atoms with van der Waals surface area (Å²) in [5.74, 6) is 0. The molecule has 0 fully saturated rings. The van der Waals surface area contributed by atoms with Gasteiger partial charge in [-0.25, -0.2) is 0 Å². The Hall–Kier alpha value is -0.830. The number of nitrogens with zero attached hydrogens (tertiary/aromatic N) is 2. The first-order valence-corrected chi connectivity index (χ1v) is 4.25. The van der Waals surface area contributed by atoms with Crippen molar-refractivity contribution in [2.45, 2.75) is 26.8 Å². The van der Waals surface area contributed by atoms with Gasteiger partial charge in [0.25, 0.3) is 0 Å². The van der Waals surface area contributed by atoms with Crippen LogP contribution in [0.4, 0.5) is 0 Å². The van der Waals surface area contributed by atoms with E-state index >= 15 is 0 Å². The Kier molecular flexibility index (Phi) is 2.52. The Balaban J connectivity index is 3.13. The van der Waals surface area contributed by atoms with Crippen molar-refractivity contribution in [1.29, 1.82) is 0 Å². The van der Waals surface area contributed by atoms with Crippen LogP contribution in [0.3, 0.4) is 0 Å². The van der Waals surface area contributed by atoms with E-state index in [2.05, 4.69) is 31.2 Å². The Morgan fingerprint density at radius 3 is 2.33 bits per heavy atom. The first-order valence-electron chi connectivity index (χ1n) is 4.25. The Labute approximate surface area is 73.8 Å². The smallest absolute Gasteiger partial charge is 0.0644 e. The molecule has 12 heavy (non-hydrogen) atoms. The molecule has 0 amide bonds. The zero-order valence-electron chi connectivity index (χ0n) is 8.47. The largest absolute Gasteiger partial charge is 0.313 e. The summed E-state index contributed by atoms with van der Waals surface area (Å²) in [5, 5.41) is 7.58. The van der Waals surface area contributed by atoms with Crippen molar-refractivity contribution in [3.8, 4) is 0 Å². The average Bonchev–Trinajstić information content (AvgIpc) is 2.26. The van der Waals surface area contributed by atoms with Gasteiger partial charge in [-0.05, 0) is 27.8 Å². The summed E-state index contributed by atoms with van der Waals surface area (Å²) in [6.07, 6.45) is 0. The number of aryl methyl sites for hydroxylation is 2. The Bertz CT molecular complexity index is 276. The van der Waals surface area contributed by atoms with Crippen molar-refractivity contribution >= 4 is 0 Å². The highest BCUT2D eigenvalue weighted by Gasteiger charge is 2.13. The summed E-state index contributed by atoms with van der Waals surface area (Å²) in [7, 11) is 3.95. The van der Waals surface area contributed by atoms with Crippen LogP contribution in [0.15, 0.2) is 0 Å². The highest BCUT2D eigenvalue weighted by molar-refractivity contribution is 5.27. The molecule has 3 nitrogen and oxygen atoms in total. The van der Waals surface area contributed by atoms with E-state index in [0.717, 1.165) is 5.69 Å². The second kappa shape index (κ2) is 3.27. The van der Waals surface area contributed by atoms with E-state index in [4.69, 9.17) is 0 Å². The lowest BCUT2D eigenvalue weighted by Crippen LogP contribution is -2.14. The standard InChI is InChI=1S/C9H17N3/c1-6(10-4)9-7(2)11-12(5)8(9)3/h6,10H,1-5H3/t6-/m1/s1. The van der Waals surface area contributed by atoms with Crippen molar-refractivity contribution < 1.29 is 0 Å². The molecule has 1 atom stereocenters. The van der Waals surface area contributed by atoms with Gasteiger partial charge in [0.15, 0.2) is 0 Å². The molecule has 68 valence electrons. The summed E-state index contributed by atoms with van der Waals surface area (Å²) in [6, 6.07) is 0.388. The fourth-order valence-corrected chi connectivity index (χ4v) is 1.56. The van der Waals surface area contributed by atoms with Crippen molar-refractivity contribution in [3.05, 3.63) is 17.0 Å². The normalized spacial score (nSPS) is 13.4. The lowest BCUT2D eigenvalue weighted by molar-refractivity contribution is 0.641. The van der Waals surface area contributed by atoms with Crippen LogP contribution >= 0.6 is 0 Å². The van der Waals surface area contributed by atoms with Crippen LogP contribution in [0, 0.1) is 13.8 Å². The van der Waals surface area contributed by atoms with Crippen LogP contribution in [-0.4, -0.2) is 16.8 Å². The zero-order chi connectivity index (χ0) is 9.30. The number of aromatic nitrogens is 2. The summed E-state index contributed by atoms with van der Waals surface area (Å²) in [4.78, 5) is 0. The second-order valence-electron chi connectivity index (χ2n) is 3.22. The van der Waals surface area contributed by atoms with Gasteiger partial charge in [0.1, 0.15) is 0 Å². The van der Waals surface area contributed by atoms with Crippen LogP contribution in [0.1, 0.15) is 29.9 Å². The quantitative estimate of drug-likeness (QED) is 0.720. The number of nitrogens with one attached hydrogen (secondary N) is 1. The fraction of sp³-hybridized carbons (Fsp3) is 0.667. The monoisotopic (exact) mass is 167 g/mol. The average molecular weight is 167 g/mol. The summed E-state index contributed by atoms with van der Waals surface area (Å²) in [6.45, 7) is 6.30. The molecule has 0 aliphatic rings. The predicted octanol–water partition coefficient (Wildman–Crippen LogP) is 1.32. The predicted molar refractivity (Wildman–Crippen MR) is 50.2 cm³/mol. The molecule has 1 rings (SSSR count). The number of rotatable bonds is 2. The van der Waals surface area contributed by atoms with Gasteiger partial charge >= 0.3 is 0 Å². The van der Waals surface area contributed by atoms with E-state index in [1.165, 1.54) is 11.3 Å². The van der Waals surface area contributed by atoms with E-state index in [1.54, 1.807) is 0 Å². The molecule has 0 radical (unpaired) electrons. The molecule has 0 saturated heterocycles. The molecule has 0 aromatic carbocycles. The van der Waals surface area contributed by atoms with Crippen LogP contribution in [0.2, 0.25) is 0 Å². The molecule has 1 N–H and O–H groups in total. The maximum absolute atomic E-state index is 4.36. The van der Waals surface area contributed by atoms with Gasteiger partial charge in [0.05, 0.1) is 5.69 Å². The Morgan fingerprint density at radius 2 is 2.00 bits per heavy atom. The fourth-order valence-electron chi connectivity index (χ4n) is 1.56. The van der Waals surface area contributed by atoms with Crippen LogP contribution in [0.5, 0.6) is 0 Å². The van der Waals surface area contributed by atoms with Crippen molar-refractivity contribution in [3.63, 3.8) is 0 Å². The van der Waals surface area contributed by atoms with E-state index < -0.39 is 0 Å². The molecule has 0 unspecified atom stereocenters. The first kappa shape index (κ1) is 9.26. The third-order valence-corrected chi connectivity index (χ3v) is 2.43. The summed E-state index contributed by atoms with van der Waals surface area (Å²) < 4.78 is 1.93. The summed E-state index contributed by atoms with van der Waals surface area (Å²) >= 11 is 0. The zero-order valence-corrected chi connectivity index (χ0v) is 8.47. The van der Waals surface area contributed by atoms with Gasteiger partial charge in [-0.3, -0.25) is 4.68 Å². The van der Waals surface area contributed by atoms with Crippen LogP contribution in [-0.2, 0) is 7.05 Å². The van der Waals surface area contributed by atoms with Crippen LogP contribution in [0.25, 0.3) is 0 Å². The van der Waals surface area contributed by atoms with Crippen molar-refractivity contribution in [2.75, 3.05) is 7.05 Å². The maximum Gasteiger partial charge on any atom is 0.0644 e. The molecular weight excluding hydrogens is 150 g/mol. The highest BCUT2D eigenvalue weighted by Crippen LogP contribution is 2.19. The molecular formula is C9H17N3. The van der Waals surface area contributed by atoms with Gasteiger partial charge in [-0.1, -0.05) is 0 Å². The third-order valence-electron chi connectivity index (χ3n) is 2.43. The molecule has 1 aromatic heterocycles. The molecule has 0 bridgehead atoms. The minimum absolute atomic E-state index is 0.388. The van der Waals surface area contributed by atoms with Crippen molar-refractivity contribution in [2.24, 2.45) is 7.05 Å². The number of hydrogen-bond donors (Lipinski definition) is 1. The van der Waals surface area contributed by atoms with E-state index in [-0.39, 0.29) is 0 Å². The molecule has 0 saturated carbocycles. The summed E-state index contributed by atoms with van der Waals surface area (Å²) in [5.41, 5.74) is 3.69. The van der Waals surface area contributed by atoms with Crippen LogP contribution < -0.4 is 5.32 Å². The molecule has 1 heterocycles. The van der Waals surface area contributed by atoms with E-state index in [0.29, 0.717) is 6.04 Å². The second-order valence-corrected chi connectivity index (χ2v) is 3.22. The van der Waals surface area contributed by atoms with Gasteiger partial charge in [-0.2, -0.15) is 5.10 Å². The van der Waals surface area contributed by atoms with Gasteiger partial charge in [0, 0.05) is 24.3 Å². The topological polar surface area (TPSA) is 29.9 Å². The van der Waals surface area contributed by atoms with Gasteiger partial charge in [-0.15, -0.1) is 0 Å².